The van der Waals surface area contributed by atoms with Gasteiger partial charge in [0.15, 0.2) is 0 Å². The molecule has 0 aromatic heterocycles. The number of hydrogen-bond acceptors (Lipinski definition) is 6. The summed E-state index contributed by atoms with van der Waals surface area (Å²) in [5.74, 6) is -2.08. The molecule has 9 nitrogen and oxygen atoms in total. The molecule has 3 atom stereocenters. The maximum absolute atomic E-state index is 13.4. The topological polar surface area (TPSA) is 123 Å². The molecule has 222 valence electrons. The molecule has 1 unspecified atom stereocenters. The molecule has 3 N–H and O–H groups in total. The fraction of sp³-hybridized carbons (Fsp3) is 0.364. The highest BCUT2D eigenvalue weighted by atomic mass is 16.5. The average Bonchev–Trinajstić information content (AvgIpc) is 3.31. The van der Waals surface area contributed by atoms with Crippen LogP contribution in [0.3, 0.4) is 0 Å². The Morgan fingerprint density at radius 2 is 1.45 bits per heavy atom. The van der Waals surface area contributed by atoms with Crippen LogP contribution in [0.4, 0.5) is 4.79 Å². The predicted molar refractivity (Wildman–Crippen MR) is 158 cm³/mol. The lowest BCUT2D eigenvalue weighted by molar-refractivity contribution is -0.145. The van der Waals surface area contributed by atoms with Gasteiger partial charge in [0.1, 0.15) is 18.7 Å². The zero-order chi connectivity index (χ0) is 30.3. The van der Waals surface area contributed by atoms with Gasteiger partial charge in [0.2, 0.25) is 5.91 Å². The highest BCUT2D eigenvalue weighted by molar-refractivity contribution is 5.89. The molecule has 4 rings (SSSR count). The molecule has 0 spiro atoms. The second-order valence-corrected chi connectivity index (χ2v) is 11.0. The first-order chi connectivity index (χ1) is 20.1. The summed E-state index contributed by atoms with van der Waals surface area (Å²) in [5.41, 5.74) is 4.40. The number of nitrogens with one attached hydrogen (secondary N) is 2. The standard InChI is InChI=1S/C33H38N2O7/c1-21(41-19-22-12-6-5-7-13-22)29(30(36)34-28(31(37)38)18-33(2,3)40-4)35-32(39)42-20-27-25-16-10-8-14-23(25)24-15-9-11-17-26(24)27/h5-17,21,27-29H,18-20H2,1-4H3,(H,34,36)(H,35,39)(H,37,38)/t21-,28?,29+/m0/s1. The van der Waals surface area contributed by atoms with Crippen LogP contribution in [0.1, 0.15) is 49.8 Å². The predicted octanol–water partition coefficient (Wildman–Crippen LogP) is 4.88. The van der Waals surface area contributed by atoms with E-state index in [1.54, 1.807) is 20.8 Å². The Balaban J connectivity index is 1.47. The summed E-state index contributed by atoms with van der Waals surface area (Å²) < 4.78 is 17.0. The average molecular weight is 575 g/mol. The number of hydrogen-bond donors (Lipinski definition) is 3. The first kappa shape index (κ1) is 30.7. The van der Waals surface area contributed by atoms with Crippen molar-refractivity contribution in [3.63, 3.8) is 0 Å². The molecular formula is C33H38N2O7. The Bertz CT molecular complexity index is 1350. The number of carboxylic acid groups (broad SMARTS) is 1. The van der Waals surface area contributed by atoms with Crippen LogP contribution in [-0.4, -0.2) is 60.6 Å². The maximum atomic E-state index is 13.4. The second-order valence-electron chi connectivity index (χ2n) is 11.0. The van der Waals surface area contributed by atoms with Crippen LogP contribution in [0.5, 0.6) is 0 Å². The van der Waals surface area contributed by atoms with Crippen LogP contribution < -0.4 is 10.6 Å². The zero-order valence-electron chi connectivity index (χ0n) is 24.3. The zero-order valence-corrected chi connectivity index (χ0v) is 24.3. The summed E-state index contributed by atoms with van der Waals surface area (Å²) in [6.45, 7) is 5.36. The number of amides is 2. The lowest BCUT2D eigenvalue weighted by Gasteiger charge is -2.29. The highest BCUT2D eigenvalue weighted by Gasteiger charge is 2.35. The number of benzene rings is 3. The third kappa shape index (κ3) is 7.54. The number of methoxy groups -OCH3 is 1. The van der Waals surface area contributed by atoms with Crippen molar-refractivity contribution < 1.29 is 33.7 Å². The normalized spacial score (nSPS) is 14.7. The van der Waals surface area contributed by atoms with Gasteiger partial charge in [0, 0.05) is 19.4 Å². The summed E-state index contributed by atoms with van der Waals surface area (Å²) in [7, 11) is 1.47. The second kappa shape index (κ2) is 13.6. The summed E-state index contributed by atoms with van der Waals surface area (Å²) in [6.07, 6.45) is -1.60. The largest absolute Gasteiger partial charge is 0.480 e. The van der Waals surface area contributed by atoms with Gasteiger partial charge in [-0.25, -0.2) is 9.59 Å². The van der Waals surface area contributed by atoms with Crippen LogP contribution in [0.15, 0.2) is 78.9 Å². The van der Waals surface area contributed by atoms with Crippen molar-refractivity contribution in [2.45, 2.75) is 63.5 Å². The number of aliphatic carboxylic acids is 1. The minimum Gasteiger partial charge on any atom is -0.480 e. The number of carbonyl (C=O) groups excluding carboxylic acids is 2. The third-order valence-corrected chi connectivity index (χ3v) is 7.59. The molecule has 0 saturated carbocycles. The van der Waals surface area contributed by atoms with E-state index in [1.807, 2.05) is 78.9 Å². The van der Waals surface area contributed by atoms with Gasteiger partial charge in [-0.1, -0.05) is 78.9 Å². The third-order valence-electron chi connectivity index (χ3n) is 7.59. The quantitative estimate of drug-likeness (QED) is 0.266. The fourth-order valence-electron chi connectivity index (χ4n) is 5.10. The van der Waals surface area contributed by atoms with Crippen molar-refractivity contribution in [3.8, 4) is 11.1 Å². The minimum atomic E-state index is -1.25. The molecule has 0 radical (unpaired) electrons. The Morgan fingerprint density at radius 3 is 2.02 bits per heavy atom. The van der Waals surface area contributed by atoms with E-state index in [0.717, 1.165) is 27.8 Å². The summed E-state index contributed by atoms with van der Waals surface area (Å²) in [6, 6.07) is 22.9. The molecule has 0 heterocycles. The van der Waals surface area contributed by atoms with Gasteiger partial charge in [-0.3, -0.25) is 4.79 Å². The van der Waals surface area contributed by atoms with Crippen molar-refractivity contribution in [1.29, 1.82) is 0 Å². The molecule has 0 fully saturated rings. The van der Waals surface area contributed by atoms with Crippen molar-refractivity contribution in [3.05, 3.63) is 95.6 Å². The van der Waals surface area contributed by atoms with Crippen LogP contribution in [0.2, 0.25) is 0 Å². The smallest absolute Gasteiger partial charge is 0.407 e. The Hall–Kier alpha value is -4.21. The van der Waals surface area contributed by atoms with E-state index in [0.29, 0.717) is 0 Å². The van der Waals surface area contributed by atoms with Crippen molar-refractivity contribution in [1.82, 2.24) is 10.6 Å². The molecule has 1 aliphatic carbocycles. The number of fused-ring (bicyclic) bond motifs is 3. The SMILES string of the molecule is COC(C)(C)CC(NC(=O)[C@H](NC(=O)OCC1c2ccccc2-c2ccccc21)[C@H](C)OCc1ccccc1)C(=O)O. The summed E-state index contributed by atoms with van der Waals surface area (Å²) in [5, 5.41) is 15.0. The Kier molecular flexibility index (Phi) is 9.98. The lowest BCUT2D eigenvalue weighted by Crippen LogP contribution is -2.57. The van der Waals surface area contributed by atoms with Crippen molar-refractivity contribution in [2.75, 3.05) is 13.7 Å². The first-order valence-corrected chi connectivity index (χ1v) is 13.9. The maximum Gasteiger partial charge on any atom is 0.407 e. The van der Waals surface area contributed by atoms with Gasteiger partial charge in [0.05, 0.1) is 18.3 Å². The Morgan fingerprint density at radius 1 is 0.881 bits per heavy atom. The molecule has 42 heavy (non-hydrogen) atoms. The number of carboxylic acids is 1. The van der Waals surface area contributed by atoms with E-state index in [4.69, 9.17) is 14.2 Å². The van der Waals surface area contributed by atoms with Gasteiger partial charge in [-0.2, -0.15) is 0 Å². The minimum absolute atomic E-state index is 0.0154. The van der Waals surface area contributed by atoms with Gasteiger partial charge in [-0.05, 0) is 48.6 Å². The van der Waals surface area contributed by atoms with Crippen molar-refractivity contribution in [2.24, 2.45) is 0 Å². The van der Waals surface area contributed by atoms with Crippen LogP contribution in [0, 0.1) is 0 Å². The number of alkyl carbamates (subject to hydrolysis) is 1. The number of carbonyl (C=O) groups is 3. The van der Waals surface area contributed by atoms with Crippen LogP contribution in [-0.2, 0) is 30.4 Å². The van der Waals surface area contributed by atoms with E-state index in [-0.39, 0.29) is 25.6 Å². The number of ether oxygens (including phenoxy) is 3. The van der Waals surface area contributed by atoms with Crippen LogP contribution in [0.25, 0.3) is 11.1 Å². The summed E-state index contributed by atoms with van der Waals surface area (Å²) >= 11 is 0. The molecule has 1 aliphatic rings. The molecule has 9 heteroatoms. The molecule has 3 aromatic carbocycles. The van der Waals surface area contributed by atoms with Crippen LogP contribution >= 0.6 is 0 Å². The van der Waals surface area contributed by atoms with E-state index < -0.39 is 41.8 Å². The van der Waals surface area contributed by atoms with E-state index in [1.165, 1.54) is 7.11 Å². The molecular weight excluding hydrogens is 536 g/mol. The molecule has 0 aliphatic heterocycles. The summed E-state index contributed by atoms with van der Waals surface area (Å²) in [4.78, 5) is 38.5. The Labute approximate surface area is 246 Å². The van der Waals surface area contributed by atoms with Gasteiger partial charge < -0.3 is 30.0 Å². The highest BCUT2D eigenvalue weighted by Crippen LogP contribution is 2.44. The van der Waals surface area contributed by atoms with Gasteiger partial charge in [0.25, 0.3) is 0 Å². The van der Waals surface area contributed by atoms with E-state index >= 15 is 0 Å². The van der Waals surface area contributed by atoms with E-state index in [9.17, 15) is 19.5 Å². The molecule has 3 aromatic rings. The molecule has 0 saturated heterocycles. The monoisotopic (exact) mass is 574 g/mol. The molecule has 2 amide bonds. The van der Waals surface area contributed by atoms with E-state index in [2.05, 4.69) is 10.6 Å². The van der Waals surface area contributed by atoms with Crippen molar-refractivity contribution >= 4 is 18.0 Å². The first-order valence-electron chi connectivity index (χ1n) is 13.9. The lowest BCUT2D eigenvalue weighted by atomic mass is 9.98. The molecule has 0 bridgehead atoms. The fourth-order valence-corrected chi connectivity index (χ4v) is 5.10. The van der Waals surface area contributed by atoms with Gasteiger partial charge in [-0.15, -0.1) is 0 Å². The van der Waals surface area contributed by atoms with Gasteiger partial charge >= 0.3 is 12.1 Å². The number of rotatable bonds is 13.